The molecule has 0 unspecified atom stereocenters. The molecule has 0 bridgehead atoms. The van der Waals surface area contributed by atoms with Gasteiger partial charge in [-0.2, -0.15) is 10.4 Å². The van der Waals surface area contributed by atoms with E-state index in [1.165, 1.54) is 12.0 Å². The van der Waals surface area contributed by atoms with Crippen LogP contribution in [0.3, 0.4) is 0 Å². The topological polar surface area (TPSA) is 74.2 Å². The van der Waals surface area contributed by atoms with Crippen LogP contribution in [-0.4, -0.2) is 11.2 Å². The van der Waals surface area contributed by atoms with E-state index in [1.54, 1.807) is 6.21 Å². The first kappa shape index (κ1) is 13.8. The third-order valence-electron chi connectivity index (χ3n) is 2.83. The summed E-state index contributed by atoms with van der Waals surface area (Å²) in [5, 5.41) is 12.8. The summed E-state index contributed by atoms with van der Waals surface area (Å²) in [6.07, 6.45) is 2.87. The Bertz CT molecular complexity index is 642. The molecule has 0 radical (unpaired) electrons. The van der Waals surface area contributed by atoms with Gasteiger partial charge in [0, 0.05) is 0 Å². The van der Waals surface area contributed by atoms with Crippen molar-refractivity contribution in [1.82, 2.24) is 4.98 Å². The SMILES string of the molecule is CC(C)(C)c1ccc(/C=N\Nc2ocnc2C#N)cc1. The van der Waals surface area contributed by atoms with Crippen molar-refractivity contribution >= 4 is 12.1 Å². The summed E-state index contributed by atoms with van der Waals surface area (Å²) in [5.41, 5.74) is 5.20. The van der Waals surface area contributed by atoms with Crippen molar-refractivity contribution < 1.29 is 4.42 Å². The molecule has 0 atom stereocenters. The molecule has 1 aromatic carbocycles. The minimum absolute atomic E-state index is 0.134. The maximum absolute atomic E-state index is 8.77. The monoisotopic (exact) mass is 268 g/mol. The molecule has 2 rings (SSSR count). The van der Waals surface area contributed by atoms with Gasteiger partial charge in [0.1, 0.15) is 6.07 Å². The van der Waals surface area contributed by atoms with E-state index in [1.807, 2.05) is 18.2 Å². The molecule has 2 aromatic rings. The highest BCUT2D eigenvalue weighted by atomic mass is 16.4. The number of benzene rings is 1. The molecule has 1 N–H and O–H groups in total. The molecule has 20 heavy (non-hydrogen) atoms. The molecule has 5 heteroatoms. The van der Waals surface area contributed by atoms with Crippen LogP contribution in [0.25, 0.3) is 0 Å². The summed E-state index contributed by atoms with van der Waals surface area (Å²) in [4.78, 5) is 3.73. The van der Waals surface area contributed by atoms with Crippen molar-refractivity contribution in [3.8, 4) is 6.07 Å². The average molecular weight is 268 g/mol. The Morgan fingerprint density at radius 1 is 1.30 bits per heavy atom. The van der Waals surface area contributed by atoms with Crippen molar-refractivity contribution in [3.63, 3.8) is 0 Å². The molecule has 0 aliphatic rings. The van der Waals surface area contributed by atoms with E-state index < -0.39 is 0 Å². The number of aromatic nitrogens is 1. The largest absolute Gasteiger partial charge is 0.425 e. The molecule has 102 valence electrons. The highest BCUT2D eigenvalue weighted by molar-refractivity contribution is 5.80. The van der Waals surface area contributed by atoms with E-state index in [2.05, 4.69) is 48.4 Å². The molecule has 0 aliphatic heterocycles. The number of hydrogen-bond acceptors (Lipinski definition) is 5. The minimum atomic E-state index is 0.134. The summed E-state index contributed by atoms with van der Waals surface area (Å²) in [7, 11) is 0. The van der Waals surface area contributed by atoms with Gasteiger partial charge in [-0.15, -0.1) is 0 Å². The molecule has 0 saturated carbocycles. The zero-order chi connectivity index (χ0) is 14.6. The zero-order valence-corrected chi connectivity index (χ0v) is 11.7. The number of hydrogen-bond donors (Lipinski definition) is 1. The van der Waals surface area contributed by atoms with Gasteiger partial charge in [-0.3, -0.25) is 0 Å². The van der Waals surface area contributed by atoms with Gasteiger partial charge in [0.2, 0.25) is 5.69 Å². The molecule has 0 saturated heterocycles. The zero-order valence-electron chi connectivity index (χ0n) is 11.7. The molecule has 0 spiro atoms. The Morgan fingerprint density at radius 3 is 2.60 bits per heavy atom. The van der Waals surface area contributed by atoms with Crippen LogP contribution in [0.1, 0.15) is 37.6 Å². The van der Waals surface area contributed by atoms with Crippen LogP contribution in [0.2, 0.25) is 0 Å². The van der Waals surface area contributed by atoms with Gasteiger partial charge in [-0.25, -0.2) is 10.4 Å². The third-order valence-corrected chi connectivity index (χ3v) is 2.83. The van der Waals surface area contributed by atoms with Crippen molar-refractivity contribution in [3.05, 3.63) is 47.5 Å². The van der Waals surface area contributed by atoms with Crippen molar-refractivity contribution in [2.75, 3.05) is 5.43 Å². The van der Waals surface area contributed by atoms with E-state index in [0.29, 0.717) is 0 Å². The second kappa shape index (κ2) is 5.57. The van der Waals surface area contributed by atoms with Crippen molar-refractivity contribution in [1.29, 1.82) is 5.26 Å². The van der Waals surface area contributed by atoms with Crippen LogP contribution in [0.15, 0.2) is 40.2 Å². The van der Waals surface area contributed by atoms with Crippen LogP contribution < -0.4 is 5.43 Å². The first-order chi connectivity index (χ1) is 9.50. The van der Waals surface area contributed by atoms with Gasteiger partial charge in [-0.05, 0) is 16.5 Å². The predicted molar refractivity (Wildman–Crippen MR) is 77.6 cm³/mol. The lowest BCUT2D eigenvalue weighted by atomic mass is 9.87. The van der Waals surface area contributed by atoms with Gasteiger partial charge in [0.05, 0.1) is 6.21 Å². The number of nitrogens with one attached hydrogen (secondary N) is 1. The van der Waals surface area contributed by atoms with Crippen molar-refractivity contribution in [2.24, 2.45) is 5.10 Å². The minimum Gasteiger partial charge on any atom is -0.425 e. The maximum atomic E-state index is 8.77. The molecule has 0 aliphatic carbocycles. The van der Waals surface area contributed by atoms with Crippen molar-refractivity contribution in [2.45, 2.75) is 26.2 Å². The molecular formula is C15H16N4O. The molecule has 5 nitrogen and oxygen atoms in total. The molecule has 1 aromatic heterocycles. The van der Waals surface area contributed by atoms with E-state index in [0.717, 1.165) is 5.56 Å². The molecule has 0 fully saturated rings. The average Bonchev–Trinajstić information content (AvgIpc) is 2.86. The summed E-state index contributed by atoms with van der Waals surface area (Å²) in [6.45, 7) is 6.51. The van der Waals surface area contributed by atoms with Crippen LogP contribution in [0.5, 0.6) is 0 Å². The summed E-state index contributed by atoms with van der Waals surface area (Å²) >= 11 is 0. The second-order valence-electron chi connectivity index (χ2n) is 5.38. The molecular weight excluding hydrogens is 252 g/mol. The summed E-state index contributed by atoms with van der Waals surface area (Å²) < 4.78 is 5.00. The number of nitrogens with zero attached hydrogens (tertiary/aromatic N) is 3. The fraction of sp³-hybridized carbons (Fsp3) is 0.267. The Labute approximate surface area is 118 Å². The fourth-order valence-corrected chi connectivity index (χ4v) is 1.64. The van der Waals surface area contributed by atoms with E-state index in [4.69, 9.17) is 9.68 Å². The van der Waals surface area contributed by atoms with E-state index in [9.17, 15) is 0 Å². The Hall–Kier alpha value is -2.61. The number of anilines is 1. The van der Waals surface area contributed by atoms with Gasteiger partial charge in [0.15, 0.2) is 6.39 Å². The smallest absolute Gasteiger partial charge is 0.251 e. The maximum Gasteiger partial charge on any atom is 0.251 e. The first-order valence-electron chi connectivity index (χ1n) is 6.24. The quantitative estimate of drug-likeness (QED) is 0.684. The van der Waals surface area contributed by atoms with Gasteiger partial charge >= 0.3 is 0 Å². The summed E-state index contributed by atoms with van der Waals surface area (Å²) in [6, 6.07) is 10.1. The lowest BCUT2D eigenvalue weighted by Gasteiger charge is -2.18. The number of rotatable bonds is 3. The molecule has 1 heterocycles. The Balaban J connectivity index is 2.04. The Kier molecular flexibility index (Phi) is 3.85. The van der Waals surface area contributed by atoms with Crippen LogP contribution >= 0.6 is 0 Å². The first-order valence-corrected chi connectivity index (χ1v) is 6.24. The van der Waals surface area contributed by atoms with Gasteiger partial charge in [-0.1, -0.05) is 45.0 Å². The highest BCUT2D eigenvalue weighted by Crippen LogP contribution is 2.21. The number of nitriles is 1. The van der Waals surface area contributed by atoms with Gasteiger partial charge in [0.25, 0.3) is 5.88 Å². The van der Waals surface area contributed by atoms with Gasteiger partial charge < -0.3 is 4.42 Å². The number of oxazole rings is 1. The lowest BCUT2D eigenvalue weighted by Crippen LogP contribution is -2.10. The second-order valence-corrected chi connectivity index (χ2v) is 5.38. The predicted octanol–water partition coefficient (Wildman–Crippen LogP) is 3.29. The third kappa shape index (κ3) is 3.23. The normalized spacial score (nSPS) is 11.5. The highest BCUT2D eigenvalue weighted by Gasteiger charge is 2.12. The fourth-order valence-electron chi connectivity index (χ4n) is 1.64. The Morgan fingerprint density at radius 2 is 2.00 bits per heavy atom. The number of hydrazone groups is 1. The van der Waals surface area contributed by atoms with Crippen LogP contribution in [0.4, 0.5) is 5.88 Å². The lowest BCUT2D eigenvalue weighted by molar-refractivity contribution is 0.570. The van der Waals surface area contributed by atoms with E-state index in [-0.39, 0.29) is 17.0 Å². The summed E-state index contributed by atoms with van der Waals surface area (Å²) in [5.74, 6) is 0.245. The van der Waals surface area contributed by atoms with Crippen LogP contribution in [-0.2, 0) is 5.41 Å². The molecule has 0 amide bonds. The van der Waals surface area contributed by atoms with Crippen LogP contribution in [0, 0.1) is 11.3 Å². The standard InChI is InChI=1S/C15H16N4O/c1-15(2,3)12-6-4-11(5-7-12)9-18-19-14-13(8-16)17-10-20-14/h4-7,9-10,19H,1-3H3/b18-9-. The van der Waals surface area contributed by atoms with E-state index >= 15 is 0 Å².